The molecule has 3 aromatic rings. The van der Waals surface area contributed by atoms with Crippen molar-refractivity contribution < 1.29 is 33.4 Å². The van der Waals surface area contributed by atoms with Crippen molar-refractivity contribution in [3.63, 3.8) is 0 Å². The normalized spacial score (nSPS) is 12.9. The molecule has 4 amide bonds. The van der Waals surface area contributed by atoms with Gasteiger partial charge >= 0.3 is 6.16 Å². The molecule has 1 heterocycles. The van der Waals surface area contributed by atoms with Crippen molar-refractivity contribution in [1.29, 1.82) is 0 Å². The fourth-order valence-corrected chi connectivity index (χ4v) is 3.84. The number of hydrogen-bond acceptors (Lipinski definition) is 7. The first-order valence-corrected chi connectivity index (χ1v) is 11.9. The number of nitrogens with one attached hydrogen (secondary N) is 2. The summed E-state index contributed by atoms with van der Waals surface area (Å²) in [6.07, 6.45) is -0.820. The molecule has 0 aliphatic carbocycles. The molecule has 38 heavy (non-hydrogen) atoms. The largest absolute Gasteiger partial charge is 0.513 e. The van der Waals surface area contributed by atoms with Crippen LogP contribution in [-0.4, -0.2) is 47.3 Å². The summed E-state index contributed by atoms with van der Waals surface area (Å²) in [6, 6.07) is 18.3. The van der Waals surface area contributed by atoms with Crippen LogP contribution in [0.5, 0.6) is 5.75 Å². The molecular weight excluding hydrogens is 490 g/mol. The van der Waals surface area contributed by atoms with Gasteiger partial charge in [0.1, 0.15) is 11.8 Å². The van der Waals surface area contributed by atoms with Gasteiger partial charge in [0.15, 0.2) is 0 Å². The van der Waals surface area contributed by atoms with Crippen LogP contribution in [0.1, 0.15) is 50.5 Å². The Balaban J connectivity index is 1.29. The second-order valence-electron chi connectivity index (χ2n) is 8.38. The first kappa shape index (κ1) is 26.1. The minimum absolute atomic E-state index is 0.169. The van der Waals surface area contributed by atoms with Crippen LogP contribution in [0.3, 0.4) is 0 Å². The number of ether oxygens (including phenoxy) is 2. The molecule has 1 unspecified atom stereocenters. The SMILES string of the molecule is CCOC(=O)Oc1ccc(C(=O)Nc2ccc(CNC(=O)C(C)N3C(=O)c4ccccc4C3=O)cc2)cc1. The number of carbonyl (C=O) groups is 5. The first-order valence-electron chi connectivity index (χ1n) is 11.9. The Morgan fingerprint density at radius 2 is 1.47 bits per heavy atom. The zero-order valence-corrected chi connectivity index (χ0v) is 20.7. The molecule has 194 valence electrons. The van der Waals surface area contributed by atoms with Gasteiger partial charge in [-0.1, -0.05) is 24.3 Å². The highest BCUT2D eigenvalue weighted by molar-refractivity contribution is 6.22. The highest BCUT2D eigenvalue weighted by atomic mass is 16.7. The lowest BCUT2D eigenvalue weighted by atomic mass is 10.1. The van der Waals surface area contributed by atoms with E-state index in [0.29, 0.717) is 11.3 Å². The van der Waals surface area contributed by atoms with Crippen LogP contribution in [0.2, 0.25) is 0 Å². The maximum Gasteiger partial charge on any atom is 0.513 e. The number of nitrogens with zero attached hydrogens (tertiary/aromatic N) is 1. The van der Waals surface area contributed by atoms with Gasteiger partial charge in [-0.2, -0.15) is 0 Å². The van der Waals surface area contributed by atoms with E-state index >= 15 is 0 Å². The van der Waals surface area contributed by atoms with Gasteiger partial charge in [-0.25, -0.2) is 4.79 Å². The molecule has 0 fully saturated rings. The summed E-state index contributed by atoms with van der Waals surface area (Å²) in [4.78, 5) is 62.8. The third-order valence-corrected chi connectivity index (χ3v) is 5.85. The maximum absolute atomic E-state index is 12.7. The van der Waals surface area contributed by atoms with Crippen LogP contribution < -0.4 is 15.4 Å². The van der Waals surface area contributed by atoms with Crippen molar-refractivity contribution in [1.82, 2.24) is 10.2 Å². The number of imide groups is 1. The molecule has 2 N–H and O–H groups in total. The summed E-state index contributed by atoms with van der Waals surface area (Å²) < 4.78 is 9.68. The molecule has 0 radical (unpaired) electrons. The van der Waals surface area contributed by atoms with Crippen molar-refractivity contribution >= 4 is 35.5 Å². The van der Waals surface area contributed by atoms with Crippen LogP contribution in [0.15, 0.2) is 72.8 Å². The Morgan fingerprint density at radius 1 is 0.868 bits per heavy atom. The zero-order valence-electron chi connectivity index (χ0n) is 20.7. The van der Waals surface area contributed by atoms with E-state index in [9.17, 15) is 24.0 Å². The molecule has 0 saturated carbocycles. The van der Waals surface area contributed by atoms with Gasteiger partial charge in [-0.05, 0) is 67.9 Å². The van der Waals surface area contributed by atoms with E-state index in [1.165, 1.54) is 31.2 Å². The third kappa shape index (κ3) is 5.70. The first-order chi connectivity index (χ1) is 18.3. The fraction of sp³-hybridized carbons (Fsp3) is 0.179. The second kappa shape index (κ2) is 11.4. The van der Waals surface area contributed by atoms with E-state index < -0.39 is 29.9 Å². The van der Waals surface area contributed by atoms with Crippen LogP contribution in [0.25, 0.3) is 0 Å². The Labute approximate surface area is 218 Å². The minimum Gasteiger partial charge on any atom is -0.434 e. The van der Waals surface area contributed by atoms with Gasteiger partial charge < -0.3 is 20.1 Å². The number of amides is 4. The van der Waals surface area contributed by atoms with E-state index in [1.807, 2.05) is 0 Å². The van der Waals surface area contributed by atoms with Crippen LogP contribution in [0.4, 0.5) is 10.5 Å². The van der Waals surface area contributed by atoms with Gasteiger partial charge in [0.05, 0.1) is 17.7 Å². The van der Waals surface area contributed by atoms with E-state index in [-0.39, 0.29) is 35.9 Å². The van der Waals surface area contributed by atoms with Crippen molar-refractivity contribution in [2.75, 3.05) is 11.9 Å². The standard InChI is InChI=1S/C28H25N3O7/c1-3-37-28(36)38-21-14-10-19(11-15-21)25(33)30-20-12-8-18(9-13-20)16-29-24(32)17(2)31-26(34)22-6-4-5-7-23(22)27(31)35/h4-15,17H,3,16H2,1-2H3,(H,29,32)(H,30,33). The average molecular weight is 516 g/mol. The molecule has 1 aliphatic heterocycles. The highest BCUT2D eigenvalue weighted by Crippen LogP contribution is 2.24. The highest BCUT2D eigenvalue weighted by Gasteiger charge is 2.40. The smallest absolute Gasteiger partial charge is 0.434 e. The van der Waals surface area contributed by atoms with E-state index in [1.54, 1.807) is 55.5 Å². The summed E-state index contributed by atoms with van der Waals surface area (Å²) in [5, 5.41) is 5.50. The molecule has 0 aromatic heterocycles. The lowest BCUT2D eigenvalue weighted by molar-refractivity contribution is -0.124. The van der Waals surface area contributed by atoms with Crippen molar-refractivity contribution in [3.05, 3.63) is 95.1 Å². The summed E-state index contributed by atoms with van der Waals surface area (Å²) in [5.41, 5.74) is 2.23. The summed E-state index contributed by atoms with van der Waals surface area (Å²) in [7, 11) is 0. The predicted octanol–water partition coefficient (Wildman–Crippen LogP) is 3.78. The number of rotatable bonds is 8. The van der Waals surface area contributed by atoms with Gasteiger partial charge in [-0.15, -0.1) is 0 Å². The molecule has 10 heteroatoms. The number of benzene rings is 3. The molecule has 1 aliphatic rings. The van der Waals surface area contributed by atoms with Gasteiger partial charge in [0, 0.05) is 17.8 Å². The number of hydrogen-bond donors (Lipinski definition) is 2. The van der Waals surface area contributed by atoms with E-state index in [2.05, 4.69) is 10.6 Å². The summed E-state index contributed by atoms with van der Waals surface area (Å²) in [5.74, 6) is -1.55. The summed E-state index contributed by atoms with van der Waals surface area (Å²) >= 11 is 0. The maximum atomic E-state index is 12.7. The number of carbonyl (C=O) groups excluding carboxylic acids is 5. The van der Waals surface area contributed by atoms with E-state index in [0.717, 1.165) is 10.5 Å². The monoisotopic (exact) mass is 515 g/mol. The molecule has 3 aromatic carbocycles. The van der Waals surface area contributed by atoms with Crippen molar-refractivity contribution in [2.24, 2.45) is 0 Å². The Kier molecular flexibility index (Phi) is 7.81. The third-order valence-electron chi connectivity index (χ3n) is 5.85. The van der Waals surface area contributed by atoms with Crippen molar-refractivity contribution in [3.8, 4) is 5.75 Å². The average Bonchev–Trinajstić information content (AvgIpc) is 3.17. The molecular formula is C28H25N3O7. The Hall–Kier alpha value is -4.99. The molecule has 0 saturated heterocycles. The Morgan fingerprint density at radius 3 is 2.05 bits per heavy atom. The van der Waals surface area contributed by atoms with Crippen LogP contribution in [-0.2, 0) is 16.1 Å². The lowest BCUT2D eigenvalue weighted by Gasteiger charge is -2.21. The second-order valence-corrected chi connectivity index (χ2v) is 8.38. The van der Waals surface area contributed by atoms with Crippen molar-refractivity contribution in [2.45, 2.75) is 26.4 Å². The van der Waals surface area contributed by atoms with E-state index in [4.69, 9.17) is 9.47 Å². The fourth-order valence-electron chi connectivity index (χ4n) is 3.84. The van der Waals surface area contributed by atoms with Gasteiger partial charge in [0.25, 0.3) is 17.7 Å². The topological polar surface area (TPSA) is 131 Å². The number of fused-ring (bicyclic) bond motifs is 1. The molecule has 1 atom stereocenters. The molecule has 4 rings (SSSR count). The van der Waals surface area contributed by atoms with Gasteiger partial charge in [0.2, 0.25) is 5.91 Å². The zero-order chi connectivity index (χ0) is 27.2. The molecule has 0 spiro atoms. The van der Waals surface area contributed by atoms with Crippen LogP contribution in [0, 0.1) is 0 Å². The molecule has 10 nitrogen and oxygen atoms in total. The summed E-state index contributed by atoms with van der Waals surface area (Å²) in [6.45, 7) is 3.53. The van der Waals surface area contributed by atoms with Gasteiger partial charge in [-0.3, -0.25) is 24.1 Å². The predicted molar refractivity (Wildman–Crippen MR) is 137 cm³/mol. The quantitative estimate of drug-likeness (QED) is 0.265. The molecule has 0 bridgehead atoms. The minimum atomic E-state index is -0.977. The van der Waals surface area contributed by atoms with Crippen LogP contribution >= 0.6 is 0 Å². The lowest BCUT2D eigenvalue weighted by Crippen LogP contribution is -2.47. The Bertz CT molecular complexity index is 1350. The number of anilines is 1.